The number of hydrogen-bond acceptors (Lipinski definition) is 4. The normalized spacial score (nSPS) is 13.3. The molecule has 0 aliphatic heterocycles. The summed E-state index contributed by atoms with van der Waals surface area (Å²) in [7, 11) is 0. The minimum atomic E-state index is 0.131. The highest BCUT2D eigenvalue weighted by Gasteiger charge is 2.18. The molecule has 0 radical (unpaired) electrons. The van der Waals surface area contributed by atoms with E-state index < -0.39 is 0 Å². The molecule has 1 atom stereocenters. The highest BCUT2D eigenvalue weighted by atomic mass is 32.1. The van der Waals surface area contributed by atoms with Gasteiger partial charge in [-0.1, -0.05) is 44.5 Å². The maximum absolute atomic E-state index is 6.25. The molecule has 0 bridgehead atoms. The number of nitrogens with two attached hydrogens (primary N) is 1. The van der Waals surface area contributed by atoms with Gasteiger partial charge in [0.25, 0.3) is 0 Å². The zero-order chi connectivity index (χ0) is 12.0. The molecule has 0 saturated heterocycles. The third-order valence-electron chi connectivity index (χ3n) is 3.15. The second-order valence-corrected chi connectivity index (χ2v) is 5.14. The van der Waals surface area contributed by atoms with Crippen molar-refractivity contribution in [3.05, 3.63) is 10.6 Å². The van der Waals surface area contributed by atoms with Crippen LogP contribution in [0.4, 0.5) is 0 Å². The molecule has 1 unspecified atom stereocenters. The van der Waals surface area contributed by atoms with Gasteiger partial charge in [0, 0.05) is 6.04 Å². The van der Waals surface area contributed by atoms with Crippen molar-refractivity contribution in [2.75, 3.05) is 0 Å². The molecule has 1 aromatic heterocycles. The van der Waals surface area contributed by atoms with Crippen LogP contribution in [0, 0.1) is 5.92 Å². The molecule has 0 aliphatic rings. The monoisotopic (exact) mass is 241 g/mol. The second kappa shape index (κ2) is 6.97. The molecule has 0 aliphatic carbocycles. The van der Waals surface area contributed by atoms with Crippen LogP contribution in [0.5, 0.6) is 0 Å². The van der Waals surface area contributed by atoms with Gasteiger partial charge in [0.05, 0.1) is 10.6 Å². The molecule has 0 aromatic carbocycles. The summed E-state index contributed by atoms with van der Waals surface area (Å²) in [5.41, 5.74) is 7.37. The topological polar surface area (TPSA) is 51.8 Å². The van der Waals surface area contributed by atoms with Crippen molar-refractivity contribution < 1.29 is 0 Å². The van der Waals surface area contributed by atoms with E-state index in [9.17, 15) is 0 Å². The van der Waals surface area contributed by atoms with Crippen LogP contribution in [0.3, 0.4) is 0 Å². The number of nitrogens with zero attached hydrogens (tertiary/aromatic N) is 2. The van der Waals surface area contributed by atoms with Crippen LogP contribution >= 0.6 is 11.5 Å². The number of aryl methyl sites for hydroxylation is 1. The lowest BCUT2D eigenvalue weighted by atomic mass is 9.94. The van der Waals surface area contributed by atoms with E-state index in [1.54, 1.807) is 0 Å². The predicted molar refractivity (Wildman–Crippen MR) is 69.5 cm³/mol. The molecule has 0 spiro atoms. The molecule has 1 heterocycles. The largest absolute Gasteiger partial charge is 0.323 e. The first kappa shape index (κ1) is 13.6. The van der Waals surface area contributed by atoms with E-state index in [2.05, 4.69) is 30.4 Å². The highest BCUT2D eigenvalue weighted by molar-refractivity contribution is 7.05. The average molecular weight is 241 g/mol. The first-order valence-electron chi connectivity index (χ1n) is 6.29. The van der Waals surface area contributed by atoms with Crippen LogP contribution in [0.15, 0.2) is 0 Å². The summed E-state index contributed by atoms with van der Waals surface area (Å²) in [6.07, 6.45) is 5.59. The highest BCUT2D eigenvalue weighted by Crippen LogP contribution is 2.27. The second-order valence-electron chi connectivity index (χ2n) is 4.36. The van der Waals surface area contributed by atoms with Crippen LogP contribution in [0.2, 0.25) is 0 Å². The molecule has 92 valence electrons. The van der Waals surface area contributed by atoms with Gasteiger partial charge < -0.3 is 5.73 Å². The van der Waals surface area contributed by atoms with E-state index in [-0.39, 0.29) is 6.04 Å². The van der Waals surface area contributed by atoms with Crippen LogP contribution in [-0.4, -0.2) is 9.59 Å². The molecule has 0 saturated carbocycles. The Morgan fingerprint density at radius 2 is 1.94 bits per heavy atom. The number of aromatic nitrogens is 2. The molecule has 1 aromatic rings. The van der Waals surface area contributed by atoms with Crippen LogP contribution in [0.25, 0.3) is 0 Å². The molecule has 2 N–H and O–H groups in total. The lowest BCUT2D eigenvalue weighted by molar-refractivity contribution is 0.416. The molecule has 0 fully saturated rings. The fourth-order valence-corrected chi connectivity index (χ4v) is 2.70. The quantitative estimate of drug-likeness (QED) is 0.796. The van der Waals surface area contributed by atoms with Crippen molar-refractivity contribution in [3.8, 4) is 0 Å². The summed E-state index contributed by atoms with van der Waals surface area (Å²) in [4.78, 5) is 1.20. The van der Waals surface area contributed by atoms with E-state index in [4.69, 9.17) is 5.73 Å². The van der Waals surface area contributed by atoms with E-state index in [0.29, 0.717) is 0 Å². The Labute approximate surface area is 103 Å². The Morgan fingerprint density at radius 1 is 1.25 bits per heavy atom. The fraction of sp³-hybridized carbons (Fsp3) is 0.833. The summed E-state index contributed by atoms with van der Waals surface area (Å²) in [5, 5.41) is 4.17. The lowest BCUT2D eigenvalue weighted by Crippen LogP contribution is -2.15. The Bertz CT molecular complexity index is 294. The van der Waals surface area contributed by atoms with Crippen molar-refractivity contribution in [2.45, 2.75) is 58.9 Å². The summed E-state index contributed by atoms with van der Waals surface area (Å²) >= 11 is 1.47. The maximum Gasteiger partial charge on any atom is 0.0803 e. The molecule has 4 heteroatoms. The molecular formula is C12H23N3S. The van der Waals surface area contributed by atoms with E-state index >= 15 is 0 Å². The standard InChI is InChI=1S/C12H23N3S/c1-4-7-11-12(16-15-14-11)10(13)8-9(5-2)6-3/h9-10H,4-8,13H2,1-3H3. The summed E-state index contributed by atoms with van der Waals surface area (Å²) < 4.78 is 4.03. The average Bonchev–Trinajstić information content (AvgIpc) is 2.74. The Kier molecular flexibility index (Phi) is 5.91. The fourth-order valence-electron chi connectivity index (χ4n) is 2.00. The smallest absolute Gasteiger partial charge is 0.0803 e. The van der Waals surface area contributed by atoms with Crippen molar-refractivity contribution in [1.29, 1.82) is 0 Å². The van der Waals surface area contributed by atoms with Gasteiger partial charge in [-0.25, -0.2) is 0 Å². The third kappa shape index (κ3) is 3.52. The summed E-state index contributed by atoms with van der Waals surface area (Å²) in [5.74, 6) is 0.728. The molecule has 16 heavy (non-hydrogen) atoms. The van der Waals surface area contributed by atoms with E-state index in [1.165, 1.54) is 29.3 Å². The first-order chi connectivity index (χ1) is 7.72. The van der Waals surface area contributed by atoms with Crippen molar-refractivity contribution in [1.82, 2.24) is 9.59 Å². The van der Waals surface area contributed by atoms with Gasteiger partial charge in [0.1, 0.15) is 0 Å². The Morgan fingerprint density at radius 3 is 2.50 bits per heavy atom. The van der Waals surface area contributed by atoms with Gasteiger partial charge in [-0.3, -0.25) is 0 Å². The van der Waals surface area contributed by atoms with Crippen molar-refractivity contribution >= 4 is 11.5 Å². The predicted octanol–water partition coefficient (Wildman–Crippen LogP) is 3.32. The third-order valence-corrected chi connectivity index (χ3v) is 4.05. The van der Waals surface area contributed by atoms with Gasteiger partial charge in [0.2, 0.25) is 0 Å². The number of hydrogen-bond donors (Lipinski definition) is 1. The minimum absolute atomic E-state index is 0.131. The van der Waals surface area contributed by atoms with Crippen LogP contribution in [-0.2, 0) is 6.42 Å². The minimum Gasteiger partial charge on any atom is -0.323 e. The summed E-state index contributed by atoms with van der Waals surface area (Å²) in [6, 6.07) is 0.131. The van der Waals surface area contributed by atoms with Gasteiger partial charge in [-0.2, -0.15) is 0 Å². The zero-order valence-electron chi connectivity index (χ0n) is 10.6. The molecule has 3 nitrogen and oxygen atoms in total. The van der Waals surface area contributed by atoms with E-state index in [1.807, 2.05) is 0 Å². The van der Waals surface area contributed by atoms with Gasteiger partial charge in [0.15, 0.2) is 0 Å². The van der Waals surface area contributed by atoms with Gasteiger partial charge in [-0.05, 0) is 30.3 Å². The Balaban J connectivity index is 2.64. The van der Waals surface area contributed by atoms with Crippen LogP contribution < -0.4 is 5.73 Å². The van der Waals surface area contributed by atoms with Crippen molar-refractivity contribution in [2.24, 2.45) is 11.7 Å². The first-order valence-corrected chi connectivity index (χ1v) is 7.06. The SMILES string of the molecule is CCCc1nnsc1C(N)CC(CC)CC. The van der Waals surface area contributed by atoms with Crippen LogP contribution in [0.1, 0.15) is 63.1 Å². The van der Waals surface area contributed by atoms with E-state index in [0.717, 1.165) is 30.9 Å². The van der Waals surface area contributed by atoms with Gasteiger partial charge >= 0.3 is 0 Å². The van der Waals surface area contributed by atoms with Crippen molar-refractivity contribution in [3.63, 3.8) is 0 Å². The lowest BCUT2D eigenvalue weighted by Gasteiger charge is -2.17. The molecular weight excluding hydrogens is 218 g/mol. The van der Waals surface area contributed by atoms with Gasteiger partial charge in [-0.15, -0.1) is 5.10 Å². The number of rotatable bonds is 7. The maximum atomic E-state index is 6.25. The molecule has 1 rings (SSSR count). The molecule has 0 amide bonds. The summed E-state index contributed by atoms with van der Waals surface area (Å²) in [6.45, 7) is 6.63. The Hall–Kier alpha value is -0.480. The zero-order valence-corrected chi connectivity index (χ0v) is 11.4.